The van der Waals surface area contributed by atoms with Gasteiger partial charge in [-0.1, -0.05) is 0 Å². The van der Waals surface area contributed by atoms with Crippen molar-refractivity contribution in [2.75, 3.05) is 18.5 Å². The zero-order chi connectivity index (χ0) is 14.2. The van der Waals surface area contributed by atoms with E-state index in [1.54, 1.807) is 30.1 Å². The number of fused-ring (bicyclic) bond motifs is 1. The second-order valence-electron chi connectivity index (χ2n) is 5.06. The first kappa shape index (κ1) is 13.1. The van der Waals surface area contributed by atoms with Gasteiger partial charge in [-0.05, 0) is 37.6 Å². The van der Waals surface area contributed by atoms with Gasteiger partial charge in [0.1, 0.15) is 6.54 Å². The molecule has 0 saturated carbocycles. The molecule has 0 bridgehead atoms. The molecule has 0 spiro atoms. The molecule has 1 aromatic carbocycles. The van der Waals surface area contributed by atoms with Gasteiger partial charge in [0, 0.05) is 18.3 Å². The lowest BCUT2D eigenvalue weighted by Crippen LogP contribution is -2.33. The number of amides is 2. The minimum atomic E-state index is -0.629. The van der Waals surface area contributed by atoms with Crippen molar-refractivity contribution in [1.29, 1.82) is 5.26 Å². The number of nitrogens with one attached hydrogen (secondary N) is 1. The number of nitriles is 1. The first-order chi connectivity index (χ1) is 8.89. The van der Waals surface area contributed by atoms with Crippen LogP contribution in [0.1, 0.15) is 29.8 Å². The Labute approximate surface area is 111 Å². The van der Waals surface area contributed by atoms with Crippen molar-refractivity contribution in [1.82, 2.24) is 5.32 Å². The molecule has 19 heavy (non-hydrogen) atoms. The van der Waals surface area contributed by atoms with Gasteiger partial charge in [-0.3, -0.25) is 9.59 Å². The molecule has 0 unspecified atom stereocenters. The van der Waals surface area contributed by atoms with Gasteiger partial charge in [0.15, 0.2) is 0 Å². The summed E-state index contributed by atoms with van der Waals surface area (Å²) in [6, 6.07) is 7.01. The van der Waals surface area contributed by atoms with E-state index in [1.165, 1.54) is 0 Å². The van der Waals surface area contributed by atoms with Gasteiger partial charge < -0.3 is 10.2 Å². The Morgan fingerprint density at radius 2 is 2.16 bits per heavy atom. The van der Waals surface area contributed by atoms with Crippen LogP contribution in [0.25, 0.3) is 0 Å². The van der Waals surface area contributed by atoms with Gasteiger partial charge in [-0.15, -0.1) is 0 Å². The molecule has 0 radical (unpaired) electrons. The quantitative estimate of drug-likeness (QED) is 0.809. The summed E-state index contributed by atoms with van der Waals surface area (Å²) in [7, 11) is 1.73. The molecule has 0 saturated heterocycles. The Bertz CT molecular complexity index is 599. The molecule has 0 aliphatic carbocycles. The summed E-state index contributed by atoms with van der Waals surface area (Å²) in [5.41, 5.74) is 1.50. The highest BCUT2D eigenvalue weighted by atomic mass is 16.2. The second kappa shape index (κ2) is 4.39. The summed E-state index contributed by atoms with van der Waals surface area (Å²) < 4.78 is 0. The number of benzene rings is 1. The topological polar surface area (TPSA) is 73.2 Å². The molecule has 5 nitrogen and oxygen atoms in total. The smallest absolute Gasteiger partial charge is 0.252 e. The number of rotatable bonds is 2. The number of nitrogens with zero attached hydrogens (tertiary/aromatic N) is 2. The lowest BCUT2D eigenvalue weighted by Gasteiger charge is -2.16. The van der Waals surface area contributed by atoms with Crippen LogP contribution in [0.5, 0.6) is 0 Å². The molecular formula is C14H15N3O2. The van der Waals surface area contributed by atoms with Gasteiger partial charge in [-0.2, -0.15) is 5.26 Å². The fourth-order valence-electron chi connectivity index (χ4n) is 2.34. The summed E-state index contributed by atoms with van der Waals surface area (Å²) in [5, 5.41) is 10.9. The SMILES string of the molecule is CN1C(=O)C(C)(C)c2cc(C(=O)NCC#N)ccc21. The largest absolute Gasteiger partial charge is 0.339 e. The molecular weight excluding hydrogens is 242 g/mol. The van der Waals surface area contributed by atoms with Crippen LogP contribution in [0.4, 0.5) is 5.69 Å². The van der Waals surface area contributed by atoms with E-state index in [-0.39, 0.29) is 18.4 Å². The lowest BCUT2D eigenvalue weighted by molar-refractivity contribution is -0.121. The van der Waals surface area contributed by atoms with Gasteiger partial charge in [0.25, 0.3) is 5.91 Å². The molecule has 98 valence electrons. The van der Waals surface area contributed by atoms with Crippen LogP contribution in [0.15, 0.2) is 18.2 Å². The maximum Gasteiger partial charge on any atom is 0.252 e. The zero-order valence-electron chi connectivity index (χ0n) is 11.2. The summed E-state index contributed by atoms with van der Waals surface area (Å²) in [6.07, 6.45) is 0. The molecule has 1 N–H and O–H groups in total. The maximum atomic E-state index is 12.1. The van der Waals surface area contributed by atoms with Crippen molar-refractivity contribution < 1.29 is 9.59 Å². The van der Waals surface area contributed by atoms with Gasteiger partial charge in [0.2, 0.25) is 5.91 Å². The summed E-state index contributed by atoms with van der Waals surface area (Å²) in [6.45, 7) is 3.65. The molecule has 1 aromatic rings. The number of carbonyl (C=O) groups is 2. The number of hydrogen-bond donors (Lipinski definition) is 1. The van der Waals surface area contributed by atoms with E-state index in [2.05, 4.69) is 5.32 Å². The number of likely N-dealkylation sites (N-methyl/N-ethyl adjacent to an activating group) is 1. The monoisotopic (exact) mass is 257 g/mol. The Morgan fingerprint density at radius 3 is 2.79 bits per heavy atom. The molecule has 0 aromatic heterocycles. The fourth-order valence-corrected chi connectivity index (χ4v) is 2.34. The maximum absolute atomic E-state index is 12.1. The third-order valence-corrected chi connectivity index (χ3v) is 3.46. The fraction of sp³-hybridized carbons (Fsp3) is 0.357. The van der Waals surface area contributed by atoms with Crippen LogP contribution in [0, 0.1) is 11.3 Å². The molecule has 1 aliphatic rings. The van der Waals surface area contributed by atoms with Crippen LogP contribution in [-0.2, 0) is 10.2 Å². The number of anilines is 1. The molecule has 2 rings (SSSR count). The predicted molar refractivity (Wildman–Crippen MR) is 70.8 cm³/mol. The van der Waals surface area contributed by atoms with E-state index in [4.69, 9.17) is 5.26 Å². The van der Waals surface area contributed by atoms with Crippen LogP contribution in [-0.4, -0.2) is 25.4 Å². The van der Waals surface area contributed by atoms with Gasteiger partial charge >= 0.3 is 0 Å². The average Bonchev–Trinajstić information content (AvgIpc) is 2.57. The highest BCUT2D eigenvalue weighted by molar-refractivity contribution is 6.08. The van der Waals surface area contributed by atoms with Crippen LogP contribution < -0.4 is 10.2 Å². The Balaban J connectivity index is 2.41. The molecule has 1 heterocycles. The Kier molecular flexibility index (Phi) is 3.03. The third-order valence-electron chi connectivity index (χ3n) is 3.46. The first-order valence-electron chi connectivity index (χ1n) is 5.97. The van der Waals surface area contributed by atoms with E-state index >= 15 is 0 Å². The van der Waals surface area contributed by atoms with Crippen molar-refractivity contribution >= 4 is 17.5 Å². The first-order valence-corrected chi connectivity index (χ1v) is 5.97. The van der Waals surface area contributed by atoms with E-state index < -0.39 is 5.41 Å². The molecule has 2 amide bonds. The van der Waals surface area contributed by atoms with E-state index in [0.29, 0.717) is 5.56 Å². The van der Waals surface area contributed by atoms with Crippen LogP contribution in [0.2, 0.25) is 0 Å². The predicted octanol–water partition coefficient (Wildman–Crippen LogP) is 1.19. The molecule has 0 fully saturated rings. The third kappa shape index (κ3) is 1.95. The van der Waals surface area contributed by atoms with Crippen molar-refractivity contribution in [3.63, 3.8) is 0 Å². The summed E-state index contributed by atoms with van der Waals surface area (Å²) in [5.74, 6) is -0.292. The zero-order valence-corrected chi connectivity index (χ0v) is 11.2. The molecule has 1 aliphatic heterocycles. The Hall–Kier alpha value is -2.35. The number of carbonyl (C=O) groups excluding carboxylic acids is 2. The minimum absolute atomic E-state index is 0.0112. The Morgan fingerprint density at radius 1 is 1.47 bits per heavy atom. The van der Waals surface area contributed by atoms with Crippen LogP contribution >= 0.6 is 0 Å². The second-order valence-corrected chi connectivity index (χ2v) is 5.06. The standard InChI is InChI=1S/C14H15N3O2/c1-14(2)10-8-9(12(18)16-7-6-15)4-5-11(10)17(3)13(14)19/h4-5,8H,7H2,1-3H3,(H,16,18). The van der Waals surface area contributed by atoms with Crippen molar-refractivity contribution in [2.45, 2.75) is 19.3 Å². The molecule has 5 heteroatoms. The average molecular weight is 257 g/mol. The lowest BCUT2D eigenvalue weighted by atomic mass is 9.85. The molecule has 0 atom stereocenters. The summed E-state index contributed by atoms with van der Waals surface area (Å²) >= 11 is 0. The highest BCUT2D eigenvalue weighted by Gasteiger charge is 2.42. The van der Waals surface area contributed by atoms with E-state index in [1.807, 2.05) is 19.9 Å². The highest BCUT2D eigenvalue weighted by Crippen LogP contribution is 2.40. The van der Waals surface area contributed by atoms with Gasteiger partial charge in [-0.25, -0.2) is 0 Å². The van der Waals surface area contributed by atoms with E-state index in [0.717, 1.165) is 11.3 Å². The normalized spacial score (nSPS) is 15.9. The van der Waals surface area contributed by atoms with Crippen LogP contribution in [0.3, 0.4) is 0 Å². The van der Waals surface area contributed by atoms with Gasteiger partial charge in [0.05, 0.1) is 11.5 Å². The van der Waals surface area contributed by atoms with Crippen molar-refractivity contribution in [3.8, 4) is 6.07 Å². The van der Waals surface area contributed by atoms with Crippen molar-refractivity contribution in [3.05, 3.63) is 29.3 Å². The summed E-state index contributed by atoms with van der Waals surface area (Å²) in [4.78, 5) is 25.5. The van der Waals surface area contributed by atoms with Crippen molar-refractivity contribution in [2.24, 2.45) is 0 Å². The minimum Gasteiger partial charge on any atom is -0.339 e. The number of hydrogen-bond acceptors (Lipinski definition) is 3. The van der Waals surface area contributed by atoms with E-state index in [9.17, 15) is 9.59 Å².